The van der Waals surface area contributed by atoms with Crippen molar-refractivity contribution in [2.75, 3.05) is 19.6 Å². The molecule has 3 rings (SSSR count). The molecule has 0 saturated carbocycles. The average molecular weight is 318 g/mol. The van der Waals surface area contributed by atoms with E-state index in [1.807, 2.05) is 24.3 Å². The second-order valence-corrected chi connectivity index (χ2v) is 5.62. The van der Waals surface area contributed by atoms with Gasteiger partial charge in [0.1, 0.15) is 5.75 Å². The third-order valence-corrected chi connectivity index (χ3v) is 4.06. The summed E-state index contributed by atoms with van der Waals surface area (Å²) in [6, 6.07) is 9.06. The number of nitrogens with one attached hydrogen (secondary N) is 1. The number of benzene rings is 1. The Bertz CT molecular complexity index is 693. The third-order valence-electron chi connectivity index (χ3n) is 3.71. The molecule has 0 spiro atoms. The molecule has 1 aliphatic rings. The molecule has 1 fully saturated rings. The van der Waals surface area contributed by atoms with Gasteiger partial charge in [-0.2, -0.15) is 0 Å². The van der Waals surface area contributed by atoms with Gasteiger partial charge in [-0.3, -0.25) is 9.78 Å². The minimum Gasteiger partial charge on any atom is -0.506 e. The Labute approximate surface area is 133 Å². The van der Waals surface area contributed by atoms with Crippen molar-refractivity contribution in [3.63, 3.8) is 0 Å². The number of halogens is 1. The zero-order chi connectivity index (χ0) is 15.5. The lowest BCUT2D eigenvalue weighted by Gasteiger charge is -2.34. The Balaban J connectivity index is 1.78. The van der Waals surface area contributed by atoms with Crippen molar-refractivity contribution < 1.29 is 9.90 Å². The largest absolute Gasteiger partial charge is 0.506 e. The second kappa shape index (κ2) is 6.34. The van der Waals surface area contributed by atoms with Crippen LogP contribution in [0.5, 0.6) is 5.75 Å². The molecule has 1 aliphatic heterocycles. The molecule has 0 radical (unpaired) electrons. The van der Waals surface area contributed by atoms with Crippen LogP contribution in [0.4, 0.5) is 0 Å². The first-order valence-corrected chi connectivity index (χ1v) is 7.44. The molecule has 2 heterocycles. The van der Waals surface area contributed by atoms with E-state index < -0.39 is 0 Å². The molecule has 1 atom stereocenters. The van der Waals surface area contributed by atoms with Gasteiger partial charge in [0.15, 0.2) is 0 Å². The molecule has 1 saturated heterocycles. The van der Waals surface area contributed by atoms with Crippen molar-refractivity contribution in [2.45, 2.75) is 6.04 Å². The van der Waals surface area contributed by atoms with Crippen LogP contribution in [0.1, 0.15) is 22.0 Å². The number of rotatable bonds is 2. The number of nitrogens with zero attached hydrogens (tertiary/aromatic N) is 2. The standard InChI is InChI=1S/C16H16ClN3O2/c17-14-4-2-1-3-13(14)15-10-20(6-5-19-15)16(22)11-7-12(21)9-18-8-11/h1-4,7-9,15,19,21H,5-6,10H2. The SMILES string of the molecule is O=C(c1cncc(O)c1)N1CCNC(c2ccccc2Cl)C1. The number of pyridine rings is 1. The molecule has 0 aliphatic carbocycles. The van der Waals surface area contributed by atoms with Crippen LogP contribution in [0.25, 0.3) is 0 Å². The number of hydrogen-bond acceptors (Lipinski definition) is 4. The number of hydrogen-bond donors (Lipinski definition) is 2. The maximum atomic E-state index is 12.5. The number of aromatic nitrogens is 1. The van der Waals surface area contributed by atoms with Gasteiger partial charge >= 0.3 is 0 Å². The summed E-state index contributed by atoms with van der Waals surface area (Å²) in [5, 5.41) is 13.5. The molecule has 5 nitrogen and oxygen atoms in total. The van der Waals surface area contributed by atoms with Crippen LogP contribution >= 0.6 is 11.6 Å². The molecule has 1 aromatic carbocycles. The first kappa shape index (κ1) is 14.8. The van der Waals surface area contributed by atoms with Crippen LogP contribution in [-0.4, -0.2) is 40.5 Å². The van der Waals surface area contributed by atoms with Crippen molar-refractivity contribution in [3.05, 3.63) is 58.9 Å². The van der Waals surface area contributed by atoms with Crippen LogP contribution in [-0.2, 0) is 0 Å². The fraction of sp³-hybridized carbons (Fsp3) is 0.250. The molecule has 6 heteroatoms. The van der Waals surface area contributed by atoms with Gasteiger partial charge in [-0.15, -0.1) is 0 Å². The minimum atomic E-state index is -0.137. The molecule has 1 unspecified atom stereocenters. The normalized spacial score (nSPS) is 18.2. The molecule has 22 heavy (non-hydrogen) atoms. The number of piperazine rings is 1. The highest BCUT2D eigenvalue weighted by Crippen LogP contribution is 2.25. The molecule has 2 N–H and O–H groups in total. The third kappa shape index (κ3) is 3.05. The highest BCUT2D eigenvalue weighted by atomic mass is 35.5. The van der Waals surface area contributed by atoms with Crippen LogP contribution in [0, 0.1) is 0 Å². The minimum absolute atomic E-state index is 0.00308. The first-order chi connectivity index (χ1) is 10.6. The van der Waals surface area contributed by atoms with Crippen molar-refractivity contribution in [3.8, 4) is 5.75 Å². The van der Waals surface area contributed by atoms with Gasteiger partial charge in [0.25, 0.3) is 5.91 Å². The smallest absolute Gasteiger partial charge is 0.255 e. The highest BCUT2D eigenvalue weighted by molar-refractivity contribution is 6.31. The summed E-state index contributed by atoms with van der Waals surface area (Å²) < 4.78 is 0. The van der Waals surface area contributed by atoms with E-state index in [0.717, 1.165) is 5.56 Å². The van der Waals surface area contributed by atoms with E-state index in [1.165, 1.54) is 18.5 Å². The van der Waals surface area contributed by atoms with E-state index >= 15 is 0 Å². The average Bonchev–Trinajstić information content (AvgIpc) is 2.55. The molecule has 1 aromatic heterocycles. The summed E-state index contributed by atoms with van der Waals surface area (Å²) in [5.74, 6) is -0.148. The number of aromatic hydroxyl groups is 1. The highest BCUT2D eigenvalue weighted by Gasteiger charge is 2.26. The molecule has 1 amide bonds. The Kier molecular flexibility index (Phi) is 4.27. The number of carbonyl (C=O) groups excluding carboxylic acids is 1. The fourth-order valence-corrected chi connectivity index (χ4v) is 2.90. The Morgan fingerprint density at radius 2 is 2.18 bits per heavy atom. The van der Waals surface area contributed by atoms with E-state index in [-0.39, 0.29) is 17.7 Å². The zero-order valence-corrected chi connectivity index (χ0v) is 12.6. The fourth-order valence-electron chi connectivity index (χ4n) is 2.63. The zero-order valence-electron chi connectivity index (χ0n) is 11.9. The van der Waals surface area contributed by atoms with E-state index in [4.69, 9.17) is 11.6 Å². The van der Waals surface area contributed by atoms with Gasteiger partial charge in [-0.05, 0) is 17.7 Å². The second-order valence-electron chi connectivity index (χ2n) is 5.21. The van der Waals surface area contributed by atoms with Crippen molar-refractivity contribution in [2.24, 2.45) is 0 Å². The van der Waals surface area contributed by atoms with Crippen molar-refractivity contribution in [1.82, 2.24) is 15.2 Å². The molecular formula is C16H16ClN3O2. The Hall–Kier alpha value is -2.11. The molecule has 2 aromatic rings. The predicted octanol–water partition coefficient (Wildman–Crippen LogP) is 2.23. The monoisotopic (exact) mass is 317 g/mol. The summed E-state index contributed by atoms with van der Waals surface area (Å²) in [6.45, 7) is 1.82. The summed E-state index contributed by atoms with van der Waals surface area (Å²) >= 11 is 6.24. The van der Waals surface area contributed by atoms with Gasteiger partial charge in [0.2, 0.25) is 0 Å². The van der Waals surface area contributed by atoms with Crippen LogP contribution < -0.4 is 5.32 Å². The number of carbonyl (C=O) groups is 1. The molecule has 0 bridgehead atoms. The quantitative estimate of drug-likeness (QED) is 0.891. The van der Waals surface area contributed by atoms with Crippen LogP contribution in [0.3, 0.4) is 0 Å². The van der Waals surface area contributed by atoms with E-state index in [2.05, 4.69) is 10.3 Å². The van der Waals surface area contributed by atoms with Gasteiger partial charge < -0.3 is 15.3 Å². The summed E-state index contributed by atoms with van der Waals surface area (Å²) in [4.78, 5) is 18.1. The van der Waals surface area contributed by atoms with Crippen molar-refractivity contribution >= 4 is 17.5 Å². The lowest BCUT2D eigenvalue weighted by Crippen LogP contribution is -2.48. The Morgan fingerprint density at radius 3 is 2.95 bits per heavy atom. The molecular weight excluding hydrogens is 302 g/mol. The lowest BCUT2D eigenvalue weighted by atomic mass is 10.0. The number of amides is 1. The van der Waals surface area contributed by atoms with Gasteiger partial charge in [-0.25, -0.2) is 0 Å². The maximum absolute atomic E-state index is 12.5. The van der Waals surface area contributed by atoms with Gasteiger partial charge in [0.05, 0.1) is 17.8 Å². The van der Waals surface area contributed by atoms with Gasteiger partial charge in [0, 0.05) is 30.9 Å². The van der Waals surface area contributed by atoms with Gasteiger partial charge in [-0.1, -0.05) is 29.8 Å². The summed E-state index contributed by atoms with van der Waals surface area (Å²) in [6.07, 6.45) is 2.77. The summed E-state index contributed by atoms with van der Waals surface area (Å²) in [5.41, 5.74) is 1.37. The summed E-state index contributed by atoms with van der Waals surface area (Å²) in [7, 11) is 0. The topological polar surface area (TPSA) is 65.5 Å². The van der Waals surface area contributed by atoms with Crippen LogP contribution in [0.2, 0.25) is 5.02 Å². The molecule has 114 valence electrons. The Morgan fingerprint density at radius 1 is 1.36 bits per heavy atom. The maximum Gasteiger partial charge on any atom is 0.255 e. The van der Waals surface area contributed by atoms with Crippen LogP contribution in [0.15, 0.2) is 42.7 Å². The predicted molar refractivity (Wildman–Crippen MR) is 84.0 cm³/mol. The van der Waals surface area contributed by atoms with E-state index in [9.17, 15) is 9.90 Å². The first-order valence-electron chi connectivity index (χ1n) is 7.06. The van der Waals surface area contributed by atoms with Crippen molar-refractivity contribution in [1.29, 1.82) is 0 Å². The lowest BCUT2D eigenvalue weighted by molar-refractivity contribution is 0.0702. The van der Waals surface area contributed by atoms with E-state index in [0.29, 0.717) is 30.2 Å². The van der Waals surface area contributed by atoms with E-state index in [1.54, 1.807) is 4.90 Å².